The second-order valence-corrected chi connectivity index (χ2v) is 5.71. The predicted molar refractivity (Wildman–Crippen MR) is 60.5 cm³/mol. The minimum atomic E-state index is -0.785. The van der Waals surface area contributed by atoms with Crippen molar-refractivity contribution in [2.75, 3.05) is 6.54 Å². The zero-order valence-corrected chi connectivity index (χ0v) is 10.8. The smallest absolute Gasteiger partial charge is 0.411 e. The first kappa shape index (κ1) is 12.2. The van der Waals surface area contributed by atoms with E-state index in [1.165, 1.54) is 4.90 Å². The van der Waals surface area contributed by atoms with Gasteiger partial charge in [0.05, 0.1) is 6.54 Å². The highest BCUT2D eigenvalue weighted by molar-refractivity contribution is 5.89. The molecule has 2 aliphatic heterocycles. The van der Waals surface area contributed by atoms with E-state index in [9.17, 15) is 9.59 Å². The van der Waals surface area contributed by atoms with Crippen LogP contribution in [-0.4, -0.2) is 40.8 Å². The molecule has 2 saturated heterocycles. The number of carbonyl (C=O) groups is 2. The van der Waals surface area contributed by atoms with Crippen molar-refractivity contribution in [1.82, 2.24) is 4.90 Å². The highest BCUT2D eigenvalue weighted by Crippen LogP contribution is 2.42. The van der Waals surface area contributed by atoms with Crippen molar-refractivity contribution in [2.24, 2.45) is 0 Å². The maximum Gasteiger partial charge on any atom is 0.411 e. The third-order valence-corrected chi connectivity index (χ3v) is 3.32. The van der Waals surface area contributed by atoms with E-state index in [0.29, 0.717) is 19.4 Å². The first-order valence-corrected chi connectivity index (χ1v) is 6.00. The fourth-order valence-electron chi connectivity index (χ4n) is 2.51. The zero-order valence-electron chi connectivity index (χ0n) is 10.8. The van der Waals surface area contributed by atoms with Gasteiger partial charge in [0.2, 0.25) is 0 Å². The summed E-state index contributed by atoms with van der Waals surface area (Å²) in [6.07, 6.45) is 0.594. The fraction of sp³-hybridized carbons (Fsp3) is 0.833. The Morgan fingerprint density at radius 2 is 2.24 bits per heavy atom. The number of fused-ring (bicyclic) bond motifs is 2. The largest absolute Gasteiger partial charge is 0.459 e. The van der Waals surface area contributed by atoms with Gasteiger partial charge in [0.15, 0.2) is 0 Å². The van der Waals surface area contributed by atoms with E-state index in [-0.39, 0.29) is 12.1 Å². The number of morpholine rings is 1. The van der Waals surface area contributed by atoms with Crippen LogP contribution in [-0.2, 0) is 14.3 Å². The maximum atomic E-state index is 12.1. The summed E-state index contributed by atoms with van der Waals surface area (Å²) in [4.78, 5) is 25.4. The van der Waals surface area contributed by atoms with Crippen molar-refractivity contribution in [3.05, 3.63) is 0 Å². The Kier molecular flexibility index (Phi) is 2.60. The van der Waals surface area contributed by atoms with Crippen molar-refractivity contribution >= 4 is 12.1 Å². The van der Waals surface area contributed by atoms with Gasteiger partial charge in [-0.1, -0.05) is 6.92 Å². The summed E-state index contributed by atoms with van der Waals surface area (Å²) < 4.78 is 10.5. The first-order valence-electron chi connectivity index (χ1n) is 6.00. The summed E-state index contributed by atoms with van der Waals surface area (Å²) in [5, 5.41) is 0. The van der Waals surface area contributed by atoms with Gasteiger partial charge < -0.3 is 9.47 Å². The lowest BCUT2D eigenvalue weighted by Gasteiger charge is -2.36. The van der Waals surface area contributed by atoms with Crippen LogP contribution >= 0.6 is 0 Å². The summed E-state index contributed by atoms with van der Waals surface area (Å²) in [6.45, 7) is 7.79. The van der Waals surface area contributed by atoms with Crippen LogP contribution in [0.15, 0.2) is 0 Å². The number of amides is 1. The van der Waals surface area contributed by atoms with Gasteiger partial charge in [0, 0.05) is 6.42 Å². The number of carbonyl (C=O) groups excluding carboxylic acids is 2. The molecule has 0 saturated carbocycles. The average molecular weight is 241 g/mol. The maximum absolute atomic E-state index is 12.1. The lowest BCUT2D eigenvalue weighted by atomic mass is 9.95. The molecule has 0 aliphatic carbocycles. The van der Waals surface area contributed by atoms with Crippen LogP contribution in [0.3, 0.4) is 0 Å². The van der Waals surface area contributed by atoms with E-state index in [4.69, 9.17) is 9.47 Å². The number of likely N-dealkylation sites (tertiary alicyclic amines) is 1. The molecule has 0 radical (unpaired) electrons. The molecule has 0 aromatic heterocycles. The Morgan fingerprint density at radius 1 is 1.59 bits per heavy atom. The highest BCUT2D eigenvalue weighted by Gasteiger charge is 2.60. The second kappa shape index (κ2) is 3.62. The van der Waals surface area contributed by atoms with E-state index < -0.39 is 17.2 Å². The van der Waals surface area contributed by atoms with E-state index >= 15 is 0 Å². The van der Waals surface area contributed by atoms with Crippen LogP contribution in [0.2, 0.25) is 0 Å². The summed E-state index contributed by atoms with van der Waals surface area (Å²) in [5.41, 5.74) is -1.33. The SMILES string of the molecule is CC[C@]12C[C@H](CN1C(=O)OC(C)(C)C)OC2=O. The van der Waals surface area contributed by atoms with Crippen molar-refractivity contribution in [3.63, 3.8) is 0 Å². The molecular weight excluding hydrogens is 222 g/mol. The molecule has 2 fully saturated rings. The van der Waals surface area contributed by atoms with Crippen molar-refractivity contribution in [2.45, 2.75) is 57.8 Å². The molecule has 2 heterocycles. The van der Waals surface area contributed by atoms with Gasteiger partial charge in [-0.2, -0.15) is 0 Å². The van der Waals surface area contributed by atoms with Crippen LogP contribution in [0, 0.1) is 0 Å². The fourth-order valence-corrected chi connectivity index (χ4v) is 2.51. The summed E-state index contributed by atoms with van der Waals surface area (Å²) >= 11 is 0. The molecule has 2 bridgehead atoms. The molecule has 1 amide bonds. The Hall–Kier alpha value is -1.26. The van der Waals surface area contributed by atoms with Crippen LogP contribution in [0.1, 0.15) is 40.5 Å². The minimum Gasteiger partial charge on any atom is -0.459 e. The first-order chi connectivity index (χ1) is 7.78. The number of hydrogen-bond acceptors (Lipinski definition) is 4. The van der Waals surface area contributed by atoms with Gasteiger partial charge >= 0.3 is 12.1 Å². The second-order valence-electron chi connectivity index (χ2n) is 5.71. The van der Waals surface area contributed by atoms with Crippen molar-refractivity contribution < 1.29 is 19.1 Å². The molecule has 0 aromatic carbocycles. The van der Waals surface area contributed by atoms with Gasteiger partial charge in [0.25, 0.3) is 0 Å². The normalized spacial score (nSPS) is 31.6. The Labute approximate surface area is 101 Å². The summed E-state index contributed by atoms with van der Waals surface area (Å²) in [5.74, 6) is -0.290. The number of rotatable bonds is 1. The molecule has 2 rings (SSSR count). The summed E-state index contributed by atoms with van der Waals surface area (Å²) in [6, 6.07) is 0. The van der Waals surface area contributed by atoms with Gasteiger partial charge in [-0.05, 0) is 27.2 Å². The lowest BCUT2D eigenvalue weighted by molar-refractivity contribution is -0.157. The summed E-state index contributed by atoms with van der Waals surface area (Å²) in [7, 11) is 0. The molecule has 0 N–H and O–H groups in total. The topological polar surface area (TPSA) is 55.8 Å². The molecule has 17 heavy (non-hydrogen) atoms. The van der Waals surface area contributed by atoms with E-state index in [2.05, 4.69) is 0 Å². The van der Waals surface area contributed by atoms with Crippen LogP contribution < -0.4 is 0 Å². The van der Waals surface area contributed by atoms with Crippen molar-refractivity contribution in [3.8, 4) is 0 Å². The molecule has 5 heteroatoms. The van der Waals surface area contributed by atoms with Crippen LogP contribution in [0.5, 0.6) is 0 Å². The van der Waals surface area contributed by atoms with Gasteiger partial charge in [-0.3, -0.25) is 4.90 Å². The Bertz CT molecular complexity index is 360. The van der Waals surface area contributed by atoms with Gasteiger partial charge in [0.1, 0.15) is 17.2 Å². The quantitative estimate of drug-likeness (QED) is 0.656. The number of hydrogen-bond donors (Lipinski definition) is 0. The standard InChI is InChI=1S/C12H19NO4/c1-5-12-6-8(16-9(12)14)7-13(12)10(15)17-11(2,3)4/h8H,5-7H2,1-4H3/t8-,12-/m1/s1. The van der Waals surface area contributed by atoms with E-state index in [0.717, 1.165) is 0 Å². The molecule has 0 aromatic rings. The van der Waals surface area contributed by atoms with Gasteiger partial charge in [-0.15, -0.1) is 0 Å². The molecule has 2 aliphatic rings. The highest BCUT2D eigenvalue weighted by atomic mass is 16.6. The van der Waals surface area contributed by atoms with E-state index in [1.807, 2.05) is 27.7 Å². The molecule has 0 unspecified atom stereocenters. The monoisotopic (exact) mass is 241 g/mol. The molecule has 2 atom stereocenters. The molecule has 0 spiro atoms. The number of nitrogens with zero attached hydrogens (tertiary/aromatic N) is 1. The van der Waals surface area contributed by atoms with Crippen LogP contribution in [0.4, 0.5) is 4.79 Å². The number of ether oxygens (including phenoxy) is 2. The third-order valence-electron chi connectivity index (χ3n) is 3.32. The molecular formula is C12H19NO4. The number of esters is 1. The minimum absolute atomic E-state index is 0.157. The molecule has 5 nitrogen and oxygen atoms in total. The Balaban J connectivity index is 2.17. The lowest BCUT2D eigenvalue weighted by Crippen LogP contribution is -2.55. The van der Waals surface area contributed by atoms with Crippen LogP contribution in [0.25, 0.3) is 0 Å². The van der Waals surface area contributed by atoms with E-state index in [1.54, 1.807) is 0 Å². The zero-order chi connectivity index (χ0) is 12.8. The third kappa shape index (κ3) is 1.87. The Morgan fingerprint density at radius 3 is 2.71 bits per heavy atom. The predicted octanol–water partition coefficient (Wildman–Crippen LogP) is 1.70. The van der Waals surface area contributed by atoms with Crippen molar-refractivity contribution in [1.29, 1.82) is 0 Å². The van der Waals surface area contributed by atoms with Gasteiger partial charge in [-0.25, -0.2) is 9.59 Å². The molecule has 96 valence electrons. The average Bonchev–Trinajstić information content (AvgIpc) is 2.69.